The Kier molecular flexibility index (Phi) is 4.06. The van der Waals surface area contributed by atoms with E-state index in [4.69, 9.17) is 11.0 Å². The third kappa shape index (κ3) is 2.81. The Morgan fingerprint density at radius 2 is 2.25 bits per heavy atom. The maximum absolute atomic E-state index is 11.5. The van der Waals surface area contributed by atoms with Gasteiger partial charge in [-0.2, -0.15) is 5.26 Å². The van der Waals surface area contributed by atoms with Crippen LogP contribution in [0.2, 0.25) is 0 Å². The molecule has 1 aromatic carbocycles. The van der Waals surface area contributed by atoms with Gasteiger partial charge in [0.1, 0.15) is 16.6 Å². The van der Waals surface area contributed by atoms with E-state index >= 15 is 0 Å². The summed E-state index contributed by atoms with van der Waals surface area (Å²) < 4.78 is 0. The van der Waals surface area contributed by atoms with E-state index in [1.165, 1.54) is 23.8 Å². The zero-order valence-corrected chi connectivity index (χ0v) is 12.2. The number of thiophene rings is 1. The van der Waals surface area contributed by atoms with Gasteiger partial charge >= 0.3 is 0 Å². The van der Waals surface area contributed by atoms with Crippen molar-refractivity contribution in [3.63, 3.8) is 0 Å². The van der Waals surface area contributed by atoms with Crippen molar-refractivity contribution in [3.05, 3.63) is 45.8 Å². The van der Waals surface area contributed by atoms with E-state index in [1.807, 2.05) is 25.1 Å². The summed E-state index contributed by atoms with van der Waals surface area (Å²) in [6.45, 7) is 4.07. The third-order valence-electron chi connectivity index (χ3n) is 2.91. The monoisotopic (exact) mass is 285 g/mol. The number of carbonyl (C=O) groups excluding carboxylic acids is 1. The van der Waals surface area contributed by atoms with Crippen LogP contribution in [-0.4, -0.2) is 5.78 Å². The zero-order valence-electron chi connectivity index (χ0n) is 11.4. The number of ketones is 1. The number of nitrogen functional groups attached to an aromatic ring is 1. The van der Waals surface area contributed by atoms with Gasteiger partial charge in [0.05, 0.1) is 10.6 Å². The summed E-state index contributed by atoms with van der Waals surface area (Å²) in [5.74, 6) is -0.118. The van der Waals surface area contributed by atoms with Gasteiger partial charge < -0.3 is 11.1 Å². The van der Waals surface area contributed by atoms with Crippen LogP contribution in [0, 0.1) is 18.3 Å². The number of nitrogens with one attached hydrogen (secondary N) is 1. The van der Waals surface area contributed by atoms with Crippen molar-refractivity contribution in [2.45, 2.75) is 20.4 Å². The van der Waals surface area contributed by atoms with Gasteiger partial charge in [0.25, 0.3) is 0 Å². The van der Waals surface area contributed by atoms with Crippen molar-refractivity contribution in [3.8, 4) is 6.07 Å². The highest BCUT2D eigenvalue weighted by molar-refractivity contribution is 7.18. The minimum absolute atomic E-state index is 0.118. The first kappa shape index (κ1) is 14.1. The van der Waals surface area contributed by atoms with E-state index in [-0.39, 0.29) is 11.5 Å². The van der Waals surface area contributed by atoms with Crippen LogP contribution in [0.3, 0.4) is 0 Å². The molecule has 102 valence electrons. The predicted molar refractivity (Wildman–Crippen MR) is 82.0 cm³/mol. The Labute approximate surface area is 121 Å². The molecule has 4 nitrogen and oxygen atoms in total. The van der Waals surface area contributed by atoms with E-state index < -0.39 is 0 Å². The van der Waals surface area contributed by atoms with Crippen LogP contribution in [0.4, 0.5) is 10.7 Å². The summed E-state index contributed by atoms with van der Waals surface area (Å²) in [6.07, 6.45) is 0. The summed E-state index contributed by atoms with van der Waals surface area (Å²) in [5, 5.41) is 13.0. The number of nitrogens with zero attached hydrogens (tertiary/aromatic N) is 1. The Morgan fingerprint density at radius 1 is 1.50 bits per heavy atom. The minimum Gasteiger partial charge on any atom is -0.396 e. The van der Waals surface area contributed by atoms with Crippen LogP contribution in [0.5, 0.6) is 0 Å². The van der Waals surface area contributed by atoms with Crippen LogP contribution in [0.25, 0.3) is 0 Å². The second-order valence-electron chi connectivity index (χ2n) is 4.56. The molecule has 0 bridgehead atoms. The predicted octanol–water partition coefficient (Wildman–Crippen LogP) is 3.33. The number of benzene rings is 1. The summed E-state index contributed by atoms with van der Waals surface area (Å²) >= 11 is 1.23. The highest BCUT2D eigenvalue weighted by Gasteiger charge is 2.18. The molecular weight excluding hydrogens is 270 g/mol. The van der Waals surface area contributed by atoms with Gasteiger partial charge in [0, 0.05) is 13.5 Å². The number of nitrogens with two attached hydrogens (primary N) is 1. The molecule has 0 radical (unpaired) electrons. The van der Waals surface area contributed by atoms with Gasteiger partial charge in [-0.25, -0.2) is 0 Å². The van der Waals surface area contributed by atoms with Crippen molar-refractivity contribution >= 4 is 27.8 Å². The molecule has 0 spiro atoms. The molecular formula is C15H15N3OS. The molecule has 20 heavy (non-hydrogen) atoms. The molecule has 0 aliphatic heterocycles. The van der Waals surface area contributed by atoms with Gasteiger partial charge in [0.2, 0.25) is 0 Å². The van der Waals surface area contributed by atoms with E-state index in [2.05, 4.69) is 17.5 Å². The molecule has 0 aliphatic rings. The van der Waals surface area contributed by atoms with Gasteiger partial charge in [-0.3, -0.25) is 4.79 Å². The highest BCUT2D eigenvalue weighted by Crippen LogP contribution is 2.35. The quantitative estimate of drug-likeness (QED) is 0.844. The second kappa shape index (κ2) is 5.76. The number of hydrogen-bond donors (Lipinski definition) is 2. The molecule has 0 saturated heterocycles. The van der Waals surface area contributed by atoms with E-state index in [1.54, 1.807) is 0 Å². The molecule has 1 aromatic heterocycles. The lowest BCUT2D eigenvalue weighted by atomic mass is 10.1. The van der Waals surface area contributed by atoms with Crippen molar-refractivity contribution in [2.24, 2.45) is 0 Å². The van der Waals surface area contributed by atoms with Crippen molar-refractivity contribution in [1.29, 1.82) is 5.26 Å². The number of Topliss-reactive ketones (excluding diaryl/α,β-unsaturated/α-hetero) is 1. The minimum atomic E-state index is -0.118. The van der Waals surface area contributed by atoms with Crippen LogP contribution in [-0.2, 0) is 6.54 Å². The highest BCUT2D eigenvalue weighted by atomic mass is 32.1. The van der Waals surface area contributed by atoms with Gasteiger partial charge in [0.15, 0.2) is 5.78 Å². The van der Waals surface area contributed by atoms with Crippen molar-refractivity contribution in [1.82, 2.24) is 0 Å². The Balaban J connectivity index is 2.24. The Bertz CT molecular complexity index is 698. The molecule has 0 atom stereocenters. The fraction of sp³-hybridized carbons (Fsp3) is 0.200. The summed E-state index contributed by atoms with van der Waals surface area (Å²) in [7, 11) is 0. The summed E-state index contributed by atoms with van der Waals surface area (Å²) in [5.41, 5.74) is 8.76. The second-order valence-corrected chi connectivity index (χ2v) is 5.58. The van der Waals surface area contributed by atoms with Crippen LogP contribution >= 0.6 is 11.3 Å². The first-order valence-electron chi connectivity index (χ1n) is 6.15. The van der Waals surface area contributed by atoms with Gasteiger partial charge in [-0.15, -0.1) is 11.3 Å². The Hall–Kier alpha value is -2.32. The van der Waals surface area contributed by atoms with E-state index in [0.29, 0.717) is 22.0 Å². The standard InChI is InChI=1S/C15H15N3OS/c1-9-4-3-5-11(6-9)8-18-15-12(7-16)13(17)14(20-15)10(2)19/h3-6,18H,8,17H2,1-2H3. The number of hydrogen-bond acceptors (Lipinski definition) is 5. The summed E-state index contributed by atoms with van der Waals surface area (Å²) in [4.78, 5) is 11.9. The number of anilines is 2. The zero-order chi connectivity index (χ0) is 14.7. The molecule has 1 heterocycles. The molecule has 0 amide bonds. The fourth-order valence-electron chi connectivity index (χ4n) is 1.95. The lowest BCUT2D eigenvalue weighted by Gasteiger charge is -2.05. The Morgan fingerprint density at radius 3 is 2.85 bits per heavy atom. The largest absolute Gasteiger partial charge is 0.396 e. The SMILES string of the molecule is CC(=O)c1sc(NCc2cccc(C)c2)c(C#N)c1N. The van der Waals surface area contributed by atoms with E-state index in [9.17, 15) is 4.79 Å². The van der Waals surface area contributed by atoms with Gasteiger partial charge in [-0.05, 0) is 12.5 Å². The van der Waals surface area contributed by atoms with E-state index in [0.717, 1.165) is 5.56 Å². The van der Waals surface area contributed by atoms with Crippen LogP contribution < -0.4 is 11.1 Å². The normalized spacial score (nSPS) is 10.1. The molecule has 0 saturated carbocycles. The lowest BCUT2D eigenvalue weighted by molar-refractivity contribution is 0.102. The first-order chi connectivity index (χ1) is 9.52. The summed E-state index contributed by atoms with van der Waals surface area (Å²) in [6, 6.07) is 10.2. The number of rotatable bonds is 4. The molecule has 0 aliphatic carbocycles. The van der Waals surface area contributed by atoms with Crippen LogP contribution in [0.1, 0.15) is 33.3 Å². The molecule has 0 unspecified atom stereocenters. The number of nitriles is 1. The fourth-order valence-corrected chi connectivity index (χ4v) is 2.91. The van der Waals surface area contributed by atoms with Crippen molar-refractivity contribution in [2.75, 3.05) is 11.1 Å². The molecule has 5 heteroatoms. The van der Waals surface area contributed by atoms with Gasteiger partial charge in [-0.1, -0.05) is 29.8 Å². The van der Waals surface area contributed by atoms with Crippen molar-refractivity contribution < 1.29 is 4.79 Å². The first-order valence-corrected chi connectivity index (χ1v) is 6.97. The number of aryl methyl sites for hydroxylation is 1. The average molecular weight is 285 g/mol. The maximum Gasteiger partial charge on any atom is 0.171 e. The maximum atomic E-state index is 11.5. The number of carbonyl (C=O) groups is 1. The third-order valence-corrected chi connectivity index (χ3v) is 4.18. The lowest BCUT2D eigenvalue weighted by Crippen LogP contribution is -2.00. The average Bonchev–Trinajstić information content (AvgIpc) is 2.73. The molecule has 0 fully saturated rings. The smallest absolute Gasteiger partial charge is 0.171 e. The molecule has 3 N–H and O–H groups in total. The van der Waals surface area contributed by atoms with Crippen LogP contribution in [0.15, 0.2) is 24.3 Å². The molecule has 2 rings (SSSR count). The topological polar surface area (TPSA) is 78.9 Å². The molecule has 2 aromatic rings.